The lowest BCUT2D eigenvalue weighted by Gasteiger charge is -2.13. The fraction of sp³-hybridized carbons (Fsp3) is 0.316. The summed E-state index contributed by atoms with van der Waals surface area (Å²) in [5, 5.41) is 4.33. The van der Waals surface area contributed by atoms with Crippen molar-refractivity contribution in [1.29, 1.82) is 0 Å². The van der Waals surface area contributed by atoms with Crippen LogP contribution in [0.2, 0.25) is 5.15 Å². The molecule has 0 fully saturated rings. The quantitative estimate of drug-likeness (QED) is 0.171. The summed E-state index contributed by atoms with van der Waals surface area (Å²) >= 11 is 6.33. The Labute approximate surface area is 172 Å². The SMILES string of the molecule is COc1c(C)cnc(Cn2cc(C#CCCN=[N+]=[N-])c3c(Cl)nc(N)nc32)c1C. The molecule has 2 N–H and O–H groups in total. The van der Waals surface area contributed by atoms with Crippen LogP contribution < -0.4 is 10.5 Å². The number of azide groups is 1. The first kappa shape index (κ1) is 20.3. The molecule has 3 aromatic heterocycles. The van der Waals surface area contributed by atoms with Crippen molar-refractivity contribution in [3.63, 3.8) is 0 Å². The van der Waals surface area contributed by atoms with Gasteiger partial charge in [-0.3, -0.25) is 4.98 Å². The summed E-state index contributed by atoms with van der Waals surface area (Å²) in [7, 11) is 1.64. The standard InChI is InChI=1S/C19H19ClN8O/c1-11-8-23-14(12(2)16(11)29-3)10-28-9-13(6-4-5-7-24-27-22)15-17(20)25-19(21)26-18(15)28/h8-9H,5,7,10H2,1-3H3,(H2,21,25,26). The molecule has 0 aromatic carbocycles. The zero-order valence-electron chi connectivity index (χ0n) is 16.3. The third kappa shape index (κ3) is 4.19. The van der Waals surface area contributed by atoms with E-state index >= 15 is 0 Å². The molecule has 3 aromatic rings. The van der Waals surface area contributed by atoms with E-state index < -0.39 is 0 Å². The Morgan fingerprint density at radius 3 is 2.90 bits per heavy atom. The number of halogens is 1. The first-order valence-electron chi connectivity index (χ1n) is 8.76. The van der Waals surface area contributed by atoms with Crippen LogP contribution in [-0.2, 0) is 6.54 Å². The molecule has 0 unspecified atom stereocenters. The van der Waals surface area contributed by atoms with Crippen molar-refractivity contribution in [2.45, 2.75) is 26.8 Å². The van der Waals surface area contributed by atoms with Crippen LogP contribution in [0, 0.1) is 25.7 Å². The van der Waals surface area contributed by atoms with E-state index in [9.17, 15) is 0 Å². The number of hydrogen-bond acceptors (Lipinski definition) is 6. The van der Waals surface area contributed by atoms with Gasteiger partial charge >= 0.3 is 0 Å². The average Bonchev–Trinajstić information content (AvgIpc) is 3.02. The molecule has 3 rings (SSSR count). The molecule has 0 atom stereocenters. The number of nitrogens with two attached hydrogens (primary N) is 1. The molecule has 0 spiro atoms. The van der Waals surface area contributed by atoms with E-state index in [0.717, 1.165) is 22.6 Å². The van der Waals surface area contributed by atoms with Crippen LogP contribution in [-0.4, -0.2) is 33.2 Å². The Bertz CT molecular complexity index is 1180. The van der Waals surface area contributed by atoms with Crippen molar-refractivity contribution in [2.24, 2.45) is 5.11 Å². The summed E-state index contributed by atoms with van der Waals surface area (Å²) in [5.41, 5.74) is 18.1. The molecule has 0 aliphatic rings. The summed E-state index contributed by atoms with van der Waals surface area (Å²) in [6, 6.07) is 0. The predicted octanol–water partition coefficient (Wildman–Crippen LogP) is 3.79. The maximum atomic E-state index is 8.35. The van der Waals surface area contributed by atoms with Gasteiger partial charge in [-0.25, -0.2) is 4.98 Å². The van der Waals surface area contributed by atoms with Gasteiger partial charge in [-0.05, 0) is 19.4 Å². The zero-order valence-corrected chi connectivity index (χ0v) is 17.0. The Morgan fingerprint density at radius 1 is 1.38 bits per heavy atom. The maximum Gasteiger partial charge on any atom is 0.223 e. The van der Waals surface area contributed by atoms with Crippen LogP contribution in [0.3, 0.4) is 0 Å². The number of ether oxygens (including phenoxy) is 1. The number of fused-ring (bicyclic) bond motifs is 1. The minimum atomic E-state index is 0.0795. The van der Waals surface area contributed by atoms with Gasteiger partial charge in [-0.2, -0.15) is 4.98 Å². The number of nitrogen functional groups attached to an aromatic ring is 1. The van der Waals surface area contributed by atoms with E-state index in [1.807, 2.05) is 24.6 Å². The molecule has 0 saturated carbocycles. The van der Waals surface area contributed by atoms with E-state index in [-0.39, 0.29) is 11.1 Å². The van der Waals surface area contributed by atoms with Crippen LogP contribution in [0.1, 0.15) is 28.8 Å². The monoisotopic (exact) mass is 410 g/mol. The van der Waals surface area contributed by atoms with Crippen LogP contribution >= 0.6 is 11.6 Å². The molecule has 0 radical (unpaired) electrons. The van der Waals surface area contributed by atoms with Crippen LogP contribution in [0.15, 0.2) is 17.5 Å². The summed E-state index contributed by atoms with van der Waals surface area (Å²) in [4.78, 5) is 15.7. The summed E-state index contributed by atoms with van der Waals surface area (Å²) < 4.78 is 7.39. The first-order chi connectivity index (χ1) is 14.0. The lowest BCUT2D eigenvalue weighted by molar-refractivity contribution is 0.406. The molecular weight excluding hydrogens is 392 g/mol. The van der Waals surface area contributed by atoms with E-state index in [1.165, 1.54) is 0 Å². The number of anilines is 1. The molecule has 0 aliphatic carbocycles. The number of aryl methyl sites for hydroxylation is 1. The van der Waals surface area contributed by atoms with Gasteiger partial charge in [-0.15, -0.1) is 0 Å². The number of methoxy groups -OCH3 is 1. The van der Waals surface area contributed by atoms with E-state index in [1.54, 1.807) is 13.3 Å². The molecular formula is C19H19ClN8O. The highest BCUT2D eigenvalue weighted by atomic mass is 35.5. The molecule has 10 heteroatoms. The largest absolute Gasteiger partial charge is 0.496 e. The van der Waals surface area contributed by atoms with Crippen molar-refractivity contribution < 1.29 is 4.74 Å². The first-order valence-corrected chi connectivity index (χ1v) is 9.14. The van der Waals surface area contributed by atoms with Gasteiger partial charge in [0.05, 0.1) is 30.3 Å². The van der Waals surface area contributed by atoms with Gasteiger partial charge in [0.15, 0.2) is 0 Å². The normalized spacial score (nSPS) is 10.3. The van der Waals surface area contributed by atoms with Gasteiger partial charge in [0.2, 0.25) is 5.95 Å². The van der Waals surface area contributed by atoms with Crippen molar-refractivity contribution in [2.75, 3.05) is 19.4 Å². The summed E-state index contributed by atoms with van der Waals surface area (Å²) in [5.74, 6) is 6.91. The minimum Gasteiger partial charge on any atom is -0.496 e. The number of aromatic nitrogens is 4. The summed E-state index contributed by atoms with van der Waals surface area (Å²) in [6.45, 7) is 4.65. The second-order valence-electron chi connectivity index (χ2n) is 6.29. The average molecular weight is 411 g/mol. The number of nitrogens with zero attached hydrogens (tertiary/aromatic N) is 7. The van der Waals surface area contributed by atoms with Gasteiger partial charge in [-0.1, -0.05) is 28.6 Å². The Hall–Kier alpha value is -3.47. The van der Waals surface area contributed by atoms with E-state index in [2.05, 4.69) is 36.8 Å². The van der Waals surface area contributed by atoms with Gasteiger partial charge in [0, 0.05) is 41.4 Å². The smallest absolute Gasteiger partial charge is 0.223 e. The van der Waals surface area contributed by atoms with Crippen molar-refractivity contribution in [3.8, 4) is 17.6 Å². The third-order valence-electron chi connectivity index (χ3n) is 4.38. The molecule has 0 aliphatic heterocycles. The highest BCUT2D eigenvalue weighted by molar-refractivity contribution is 6.34. The molecule has 9 nitrogen and oxygen atoms in total. The van der Waals surface area contributed by atoms with Crippen LogP contribution in [0.5, 0.6) is 5.75 Å². The molecule has 148 valence electrons. The Balaban J connectivity index is 2.08. The van der Waals surface area contributed by atoms with Gasteiger partial charge < -0.3 is 15.0 Å². The Kier molecular flexibility index (Phi) is 6.07. The zero-order chi connectivity index (χ0) is 21.0. The highest BCUT2D eigenvalue weighted by Crippen LogP contribution is 2.29. The van der Waals surface area contributed by atoms with E-state index in [4.69, 9.17) is 27.6 Å². The highest BCUT2D eigenvalue weighted by Gasteiger charge is 2.17. The van der Waals surface area contributed by atoms with Gasteiger partial charge in [0.25, 0.3) is 0 Å². The third-order valence-corrected chi connectivity index (χ3v) is 4.66. The van der Waals surface area contributed by atoms with Crippen molar-refractivity contribution in [3.05, 3.63) is 50.4 Å². The topological polar surface area (TPSA) is 128 Å². The lowest BCUT2D eigenvalue weighted by Crippen LogP contribution is -2.07. The van der Waals surface area contributed by atoms with Crippen LogP contribution in [0.4, 0.5) is 5.95 Å². The molecule has 0 saturated heterocycles. The molecule has 3 heterocycles. The molecule has 0 amide bonds. The predicted molar refractivity (Wildman–Crippen MR) is 112 cm³/mol. The molecule has 0 bridgehead atoms. The lowest BCUT2D eigenvalue weighted by atomic mass is 10.1. The Morgan fingerprint density at radius 2 is 2.17 bits per heavy atom. The number of pyridine rings is 1. The fourth-order valence-corrected chi connectivity index (χ4v) is 3.35. The second kappa shape index (κ2) is 8.69. The van der Waals surface area contributed by atoms with Crippen molar-refractivity contribution in [1.82, 2.24) is 19.5 Å². The fourth-order valence-electron chi connectivity index (χ4n) is 3.07. The number of rotatable bonds is 5. The maximum absolute atomic E-state index is 8.35. The van der Waals surface area contributed by atoms with Crippen LogP contribution in [0.25, 0.3) is 21.5 Å². The summed E-state index contributed by atoms with van der Waals surface area (Å²) in [6.07, 6.45) is 4.05. The van der Waals surface area contributed by atoms with E-state index in [0.29, 0.717) is 36.1 Å². The second-order valence-corrected chi connectivity index (χ2v) is 6.65. The van der Waals surface area contributed by atoms with Crippen molar-refractivity contribution >= 4 is 28.6 Å². The molecule has 29 heavy (non-hydrogen) atoms. The number of hydrogen-bond donors (Lipinski definition) is 1. The van der Waals surface area contributed by atoms with Gasteiger partial charge in [0.1, 0.15) is 16.5 Å². The minimum absolute atomic E-state index is 0.0795.